The van der Waals surface area contributed by atoms with Crippen LogP contribution < -0.4 is 5.32 Å². The summed E-state index contributed by atoms with van der Waals surface area (Å²) >= 11 is 0. The molecule has 1 N–H and O–H groups in total. The molecule has 0 saturated heterocycles. The highest BCUT2D eigenvalue weighted by atomic mass is 19.1. The van der Waals surface area contributed by atoms with Gasteiger partial charge in [0.1, 0.15) is 5.82 Å². The van der Waals surface area contributed by atoms with E-state index in [1.807, 2.05) is 0 Å². The molecule has 0 heterocycles. The quantitative estimate of drug-likeness (QED) is 0.765. The van der Waals surface area contributed by atoms with Crippen molar-refractivity contribution in [1.29, 1.82) is 0 Å². The second kappa shape index (κ2) is 3.78. The van der Waals surface area contributed by atoms with Gasteiger partial charge in [0.15, 0.2) is 0 Å². The van der Waals surface area contributed by atoms with Crippen LogP contribution in [-0.2, 0) is 0 Å². The zero-order valence-electron chi connectivity index (χ0n) is 7.79. The molecule has 0 bridgehead atoms. The lowest BCUT2D eigenvalue weighted by atomic mass is 9.93. The lowest BCUT2D eigenvalue weighted by molar-refractivity contribution is 0.0916. The highest BCUT2D eigenvalue weighted by Crippen LogP contribution is 2.18. The minimum atomic E-state index is -0.369. The lowest BCUT2D eigenvalue weighted by Crippen LogP contribution is -2.39. The topological polar surface area (TPSA) is 29.1 Å². The van der Waals surface area contributed by atoms with Gasteiger partial charge in [0.05, 0.1) is 0 Å². The van der Waals surface area contributed by atoms with Gasteiger partial charge in [-0.25, -0.2) is 4.39 Å². The van der Waals surface area contributed by atoms with E-state index < -0.39 is 0 Å². The average molecular weight is 193 g/mol. The molecule has 3 heteroatoms. The standard InChI is InChI=1S/C11H12FNO/c12-9-4-1-3-8(7-9)11(14)13-10-5-2-6-10/h1,3-4,7,10H,2,5-6H2,(H,13,14). The number of rotatable bonds is 2. The maximum absolute atomic E-state index is 12.8. The number of carbonyl (C=O) groups excluding carboxylic acids is 1. The third-order valence-corrected chi connectivity index (χ3v) is 2.53. The number of nitrogens with one attached hydrogen (secondary N) is 1. The van der Waals surface area contributed by atoms with Crippen molar-refractivity contribution in [3.8, 4) is 0 Å². The zero-order valence-corrected chi connectivity index (χ0v) is 7.79. The fraction of sp³-hybridized carbons (Fsp3) is 0.364. The molecule has 0 spiro atoms. The van der Waals surface area contributed by atoms with Gasteiger partial charge in [-0.2, -0.15) is 0 Å². The van der Waals surface area contributed by atoms with E-state index in [0.717, 1.165) is 12.8 Å². The summed E-state index contributed by atoms with van der Waals surface area (Å²) in [7, 11) is 0. The van der Waals surface area contributed by atoms with Crippen LogP contribution >= 0.6 is 0 Å². The fourth-order valence-corrected chi connectivity index (χ4v) is 1.45. The van der Waals surface area contributed by atoms with E-state index in [9.17, 15) is 9.18 Å². The van der Waals surface area contributed by atoms with Crippen LogP contribution in [0.1, 0.15) is 29.6 Å². The molecule has 1 aliphatic rings. The first-order valence-corrected chi connectivity index (χ1v) is 4.82. The molecule has 1 aliphatic carbocycles. The molecule has 74 valence electrons. The Kier molecular flexibility index (Phi) is 2.48. The van der Waals surface area contributed by atoms with Crippen molar-refractivity contribution < 1.29 is 9.18 Å². The highest BCUT2D eigenvalue weighted by molar-refractivity contribution is 5.94. The third kappa shape index (κ3) is 1.92. The van der Waals surface area contributed by atoms with Crippen LogP contribution in [0.3, 0.4) is 0 Å². The second-order valence-electron chi connectivity index (χ2n) is 3.61. The van der Waals surface area contributed by atoms with E-state index in [2.05, 4.69) is 5.32 Å². The largest absolute Gasteiger partial charge is 0.349 e. The molecule has 0 unspecified atom stereocenters. The molecule has 1 fully saturated rings. The van der Waals surface area contributed by atoms with Crippen LogP contribution in [0.4, 0.5) is 4.39 Å². The Hall–Kier alpha value is -1.38. The van der Waals surface area contributed by atoms with Gasteiger partial charge in [-0.05, 0) is 37.5 Å². The van der Waals surface area contributed by atoms with Gasteiger partial charge in [-0.1, -0.05) is 6.07 Å². The summed E-state index contributed by atoms with van der Waals surface area (Å²) in [6.45, 7) is 0. The van der Waals surface area contributed by atoms with E-state index in [4.69, 9.17) is 0 Å². The lowest BCUT2D eigenvalue weighted by Gasteiger charge is -2.26. The van der Waals surface area contributed by atoms with Crippen LogP contribution in [0, 0.1) is 5.82 Å². The van der Waals surface area contributed by atoms with Crippen molar-refractivity contribution in [2.75, 3.05) is 0 Å². The molecule has 2 nitrogen and oxygen atoms in total. The first-order chi connectivity index (χ1) is 6.75. The molecule has 1 aromatic carbocycles. The molecular weight excluding hydrogens is 181 g/mol. The van der Waals surface area contributed by atoms with Crippen molar-refractivity contribution in [3.63, 3.8) is 0 Å². The van der Waals surface area contributed by atoms with Gasteiger partial charge < -0.3 is 5.32 Å². The number of carbonyl (C=O) groups is 1. The van der Waals surface area contributed by atoms with E-state index in [1.54, 1.807) is 12.1 Å². The summed E-state index contributed by atoms with van der Waals surface area (Å²) in [6.07, 6.45) is 3.26. The summed E-state index contributed by atoms with van der Waals surface area (Å²) in [4.78, 5) is 11.5. The van der Waals surface area contributed by atoms with E-state index in [1.165, 1.54) is 18.6 Å². The predicted molar refractivity (Wildman–Crippen MR) is 51.5 cm³/mol. The molecule has 0 radical (unpaired) electrons. The normalized spacial score (nSPS) is 16.1. The minimum absolute atomic E-state index is 0.172. The summed E-state index contributed by atoms with van der Waals surface area (Å²) < 4.78 is 12.8. The number of halogens is 1. The summed E-state index contributed by atoms with van der Waals surface area (Å²) in [5, 5.41) is 2.85. The van der Waals surface area contributed by atoms with Crippen LogP contribution in [0.15, 0.2) is 24.3 Å². The van der Waals surface area contributed by atoms with Crippen molar-refractivity contribution in [1.82, 2.24) is 5.32 Å². The molecule has 0 aliphatic heterocycles. The van der Waals surface area contributed by atoms with Crippen LogP contribution in [0.25, 0.3) is 0 Å². The Labute approximate surface area is 82.1 Å². The van der Waals surface area contributed by atoms with E-state index in [0.29, 0.717) is 11.6 Å². The van der Waals surface area contributed by atoms with Crippen molar-refractivity contribution in [2.45, 2.75) is 25.3 Å². The number of hydrogen-bond donors (Lipinski definition) is 1. The minimum Gasteiger partial charge on any atom is -0.349 e. The van der Waals surface area contributed by atoms with Gasteiger partial charge in [0.2, 0.25) is 0 Å². The van der Waals surface area contributed by atoms with Gasteiger partial charge in [0, 0.05) is 11.6 Å². The summed E-state index contributed by atoms with van der Waals surface area (Å²) in [6, 6.07) is 6.06. The number of amides is 1. The van der Waals surface area contributed by atoms with E-state index in [-0.39, 0.29) is 11.7 Å². The molecule has 0 aromatic heterocycles. The van der Waals surface area contributed by atoms with Gasteiger partial charge >= 0.3 is 0 Å². The maximum atomic E-state index is 12.8. The van der Waals surface area contributed by atoms with Crippen molar-refractivity contribution in [3.05, 3.63) is 35.6 Å². The van der Waals surface area contributed by atoms with Crippen molar-refractivity contribution >= 4 is 5.91 Å². The Morgan fingerprint density at radius 2 is 2.21 bits per heavy atom. The maximum Gasteiger partial charge on any atom is 0.251 e. The third-order valence-electron chi connectivity index (χ3n) is 2.53. The highest BCUT2D eigenvalue weighted by Gasteiger charge is 2.19. The van der Waals surface area contributed by atoms with Gasteiger partial charge in [-0.15, -0.1) is 0 Å². The van der Waals surface area contributed by atoms with Gasteiger partial charge in [-0.3, -0.25) is 4.79 Å². The molecule has 1 saturated carbocycles. The SMILES string of the molecule is O=C(NC1CCC1)c1cccc(F)c1. The van der Waals surface area contributed by atoms with Gasteiger partial charge in [0.25, 0.3) is 5.91 Å². The zero-order chi connectivity index (χ0) is 9.97. The summed E-state index contributed by atoms with van der Waals surface area (Å²) in [5.74, 6) is -0.541. The van der Waals surface area contributed by atoms with Crippen LogP contribution in [0.5, 0.6) is 0 Å². The Morgan fingerprint density at radius 3 is 2.79 bits per heavy atom. The van der Waals surface area contributed by atoms with Crippen molar-refractivity contribution in [2.24, 2.45) is 0 Å². The fourth-order valence-electron chi connectivity index (χ4n) is 1.45. The first kappa shape index (κ1) is 9.19. The summed E-state index contributed by atoms with van der Waals surface area (Å²) in [5.41, 5.74) is 0.400. The van der Waals surface area contributed by atoms with E-state index >= 15 is 0 Å². The smallest absolute Gasteiger partial charge is 0.251 e. The molecule has 1 aromatic rings. The Balaban J connectivity index is 2.02. The van der Waals surface area contributed by atoms with Crippen LogP contribution in [-0.4, -0.2) is 11.9 Å². The molecule has 2 rings (SSSR count). The first-order valence-electron chi connectivity index (χ1n) is 4.82. The monoisotopic (exact) mass is 193 g/mol. The van der Waals surface area contributed by atoms with Crippen LogP contribution in [0.2, 0.25) is 0 Å². The number of hydrogen-bond acceptors (Lipinski definition) is 1. The predicted octanol–water partition coefficient (Wildman–Crippen LogP) is 2.11. The molecular formula is C11H12FNO. The second-order valence-corrected chi connectivity index (χ2v) is 3.61. The number of benzene rings is 1. The molecule has 1 amide bonds. The molecule has 0 atom stereocenters. The Morgan fingerprint density at radius 1 is 1.43 bits per heavy atom. The molecule has 14 heavy (non-hydrogen) atoms. The Bertz CT molecular complexity index is 347. The average Bonchev–Trinajstić information content (AvgIpc) is 2.11.